The zero-order chi connectivity index (χ0) is 18.4. The van der Waals surface area contributed by atoms with Crippen LogP contribution in [0.15, 0.2) is 29.5 Å². The van der Waals surface area contributed by atoms with Gasteiger partial charge in [-0.15, -0.1) is 0 Å². The van der Waals surface area contributed by atoms with E-state index in [1.165, 1.54) is 18.2 Å². The summed E-state index contributed by atoms with van der Waals surface area (Å²) >= 11 is 6.12. The van der Waals surface area contributed by atoms with E-state index in [0.717, 1.165) is 6.42 Å². The zero-order valence-electron chi connectivity index (χ0n) is 14.2. The van der Waals surface area contributed by atoms with Crippen molar-refractivity contribution in [3.63, 3.8) is 0 Å². The Morgan fingerprint density at radius 2 is 2.12 bits per heavy atom. The Hall–Kier alpha value is -1.92. The maximum absolute atomic E-state index is 14.3. The first kappa shape index (κ1) is 19.4. The molecule has 136 valence electrons. The Bertz CT molecular complexity index is 669. The number of esters is 1. The van der Waals surface area contributed by atoms with Gasteiger partial charge in [-0.1, -0.05) is 24.6 Å². The van der Waals surface area contributed by atoms with Crippen LogP contribution in [0.1, 0.15) is 38.2 Å². The quantitative estimate of drug-likeness (QED) is 0.591. The summed E-state index contributed by atoms with van der Waals surface area (Å²) in [5.41, 5.74) is 0.690. The van der Waals surface area contributed by atoms with Gasteiger partial charge in [-0.25, -0.2) is 9.18 Å². The smallest absolute Gasteiger partial charge is 0.336 e. The molecule has 0 fully saturated rings. The number of ether oxygens (including phenoxy) is 2. The molecule has 1 atom stereocenters. The van der Waals surface area contributed by atoms with Crippen LogP contribution in [0.2, 0.25) is 5.02 Å². The first-order chi connectivity index (χ1) is 12.0. The van der Waals surface area contributed by atoms with Crippen LogP contribution in [0.4, 0.5) is 4.39 Å². The van der Waals surface area contributed by atoms with E-state index in [9.17, 15) is 14.0 Å². The molecule has 1 aliphatic rings. The van der Waals surface area contributed by atoms with Gasteiger partial charge < -0.3 is 14.8 Å². The van der Waals surface area contributed by atoms with E-state index in [2.05, 4.69) is 5.32 Å². The summed E-state index contributed by atoms with van der Waals surface area (Å²) in [6, 6.07) is 4.26. The number of nitrogens with one attached hydrogen (secondary N) is 1. The van der Waals surface area contributed by atoms with E-state index in [0.29, 0.717) is 12.3 Å². The van der Waals surface area contributed by atoms with Gasteiger partial charge in [-0.2, -0.15) is 0 Å². The highest BCUT2D eigenvalue weighted by atomic mass is 35.5. The SMILES string of the molecule is CCCOCCOC(=O)C1=C(C)NC(=O)CC1c1c(F)cccc1Cl. The number of carbonyl (C=O) groups is 2. The maximum atomic E-state index is 14.3. The third kappa shape index (κ3) is 4.80. The van der Waals surface area contributed by atoms with Crippen molar-refractivity contribution < 1.29 is 23.5 Å². The fourth-order valence-corrected chi connectivity index (χ4v) is 3.07. The first-order valence-electron chi connectivity index (χ1n) is 8.15. The van der Waals surface area contributed by atoms with E-state index in [4.69, 9.17) is 21.1 Å². The molecule has 25 heavy (non-hydrogen) atoms. The Morgan fingerprint density at radius 3 is 2.80 bits per heavy atom. The average molecular weight is 370 g/mol. The largest absolute Gasteiger partial charge is 0.460 e. The molecule has 0 spiro atoms. The van der Waals surface area contributed by atoms with Crippen molar-refractivity contribution in [1.82, 2.24) is 5.32 Å². The molecule has 5 nitrogen and oxygen atoms in total. The highest BCUT2D eigenvalue weighted by molar-refractivity contribution is 6.31. The molecule has 1 aliphatic heterocycles. The Morgan fingerprint density at radius 1 is 1.36 bits per heavy atom. The van der Waals surface area contributed by atoms with Gasteiger partial charge in [0.1, 0.15) is 12.4 Å². The van der Waals surface area contributed by atoms with Gasteiger partial charge in [-0.05, 0) is 25.5 Å². The molecular formula is C18H21ClFNO4. The molecule has 0 bridgehead atoms. The summed E-state index contributed by atoms with van der Waals surface area (Å²) in [7, 11) is 0. The lowest BCUT2D eigenvalue weighted by Crippen LogP contribution is -2.34. The molecule has 0 aromatic heterocycles. The molecule has 7 heteroatoms. The van der Waals surface area contributed by atoms with Gasteiger partial charge in [0.2, 0.25) is 5.91 Å². The van der Waals surface area contributed by atoms with Crippen molar-refractivity contribution in [3.8, 4) is 0 Å². The number of amides is 1. The topological polar surface area (TPSA) is 64.6 Å². The highest BCUT2D eigenvalue weighted by Crippen LogP contribution is 2.38. The molecule has 1 N–H and O–H groups in total. The van der Waals surface area contributed by atoms with Crippen molar-refractivity contribution in [2.45, 2.75) is 32.6 Å². The van der Waals surface area contributed by atoms with Crippen LogP contribution in [-0.2, 0) is 19.1 Å². The summed E-state index contributed by atoms with van der Waals surface area (Å²) in [4.78, 5) is 24.4. The van der Waals surface area contributed by atoms with Crippen molar-refractivity contribution in [2.24, 2.45) is 0 Å². The molecule has 0 radical (unpaired) electrons. The van der Waals surface area contributed by atoms with E-state index < -0.39 is 17.7 Å². The number of allylic oxidation sites excluding steroid dienone is 1. The lowest BCUT2D eigenvalue weighted by Gasteiger charge is -2.27. The molecule has 0 saturated heterocycles. The molecule has 1 aromatic carbocycles. The molecule has 1 aromatic rings. The fraction of sp³-hybridized carbons (Fsp3) is 0.444. The number of rotatable bonds is 7. The maximum Gasteiger partial charge on any atom is 0.336 e. The summed E-state index contributed by atoms with van der Waals surface area (Å²) in [6.45, 7) is 4.52. The third-order valence-corrected chi connectivity index (χ3v) is 4.18. The third-order valence-electron chi connectivity index (χ3n) is 3.85. The number of benzene rings is 1. The van der Waals surface area contributed by atoms with Gasteiger partial charge in [0, 0.05) is 35.2 Å². The van der Waals surface area contributed by atoms with Crippen LogP contribution in [0.25, 0.3) is 0 Å². The number of halogens is 2. The predicted molar refractivity (Wildman–Crippen MR) is 91.7 cm³/mol. The van der Waals surface area contributed by atoms with Gasteiger partial charge in [-0.3, -0.25) is 4.79 Å². The number of hydrogen-bond donors (Lipinski definition) is 1. The summed E-state index contributed by atoms with van der Waals surface area (Å²) in [5, 5.41) is 2.77. The lowest BCUT2D eigenvalue weighted by atomic mass is 9.84. The van der Waals surface area contributed by atoms with Crippen molar-refractivity contribution in [2.75, 3.05) is 19.8 Å². The van der Waals surface area contributed by atoms with E-state index in [-0.39, 0.29) is 41.7 Å². The second-order valence-electron chi connectivity index (χ2n) is 5.73. The zero-order valence-corrected chi connectivity index (χ0v) is 15.0. The minimum absolute atomic E-state index is 0.0746. The minimum atomic E-state index is -0.786. The molecule has 1 heterocycles. The molecule has 2 rings (SSSR count). The monoisotopic (exact) mass is 369 g/mol. The predicted octanol–water partition coefficient (Wildman–Crippen LogP) is 3.33. The van der Waals surface area contributed by atoms with Crippen molar-refractivity contribution >= 4 is 23.5 Å². The van der Waals surface area contributed by atoms with Crippen LogP contribution in [0.3, 0.4) is 0 Å². The van der Waals surface area contributed by atoms with Crippen LogP contribution in [-0.4, -0.2) is 31.7 Å². The van der Waals surface area contributed by atoms with Gasteiger partial charge >= 0.3 is 5.97 Å². The van der Waals surface area contributed by atoms with Crippen LogP contribution >= 0.6 is 11.6 Å². The Balaban J connectivity index is 2.24. The van der Waals surface area contributed by atoms with Crippen LogP contribution < -0.4 is 5.32 Å². The van der Waals surface area contributed by atoms with Crippen LogP contribution in [0, 0.1) is 5.82 Å². The van der Waals surface area contributed by atoms with Crippen molar-refractivity contribution in [3.05, 3.63) is 45.9 Å². The standard InChI is InChI=1S/C18H21ClFNO4/c1-3-7-24-8-9-25-18(23)16-11(2)21-15(22)10-12(16)17-13(19)5-4-6-14(17)20/h4-6,12H,3,7-10H2,1-2H3,(H,21,22). The normalized spacial score (nSPS) is 17.4. The fourth-order valence-electron chi connectivity index (χ4n) is 2.78. The molecule has 0 aliphatic carbocycles. The van der Waals surface area contributed by atoms with E-state index in [1.807, 2.05) is 6.92 Å². The lowest BCUT2D eigenvalue weighted by molar-refractivity contribution is -0.141. The average Bonchev–Trinajstić information content (AvgIpc) is 2.53. The molecular weight excluding hydrogens is 349 g/mol. The minimum Gasteiger partial charge on any atom is -0.460 e. The van der Waals surface area contributed by atoms with Gasteiger partial charge in [0.05, 0.1) is 12.2 Å². The van der Waals surface area contributed by atoms with Gasteiger partial charge in [0.15, 0.2) is 0 Å². The second-order valence-corrected chi connectivity index (χ2v) is 6.13. The highest BCUT2D eigenvalue weighted by Gasteiger charge is 2.35. The second kappa shape index (κ2) is 8.97. The molecule has 0 saturated carbocycles. The number of carbonyl (C=O) groups excluding carboxylic acids is 2. The summed E-state index contributed by atoms with van der Waals surface area (Å²) < 4.78 is 24.8. The molecule has 1 unspecified atom stereocenters. The number of hydrogen-bond acceptors (Lipinski definition) is 4. The summed E-state index contributed by atoms with van der Waals surface area (Å²) in [6.07, 6.45) is 0.798. The van der Waals surface area contributed by atoms with E-state index in [1.54, 1.807) is 6.92 Å². The Labute approximate surface area is 151 Å². The summed E-state index contributed by atoms with van der Waals surface area (Å²) in [5.74, 6) is -2.25. The van der Waals surface area contributed by atoms with Crippen molar-refractivity contribution in [1.29, 1.82) is 0 Å². The van der Waals surface area contributed by atoms with Gasteiger partial charge in [0.25, 0.3) is 0 Å². The first-order valence-corrected chi connectivity index (χ1v) is 8.52. The molecule has 1 amide bonds. The van der Waals surface area contributed by atoms with E-state index >= 15 is 0 Å². The van der Waals surface area contributed by atoms with Crippen LogP contribution in [0.5, 0.6) is 0 Å². The Kier molecular flexibility index (Phi) is 6.96.